The third kappa shape index (κ3) is 2.53. The number of hydrogen-bond donors (Lipinski definition) is 0. The lowest BCUT2D eigenvalue weighted by Crippen LogP contribution is -2.25. The number of aromatic nitrogens is 2. The molecule has 0 radical (unpaired) electrons. The van der Waals surface area contributed by atoms with Gasteiger partial charge in [-0.25, -0.2) is 17.6 Å². The summed E-state index contributed by atoms with van der Waals surface area (Å²) in [4.78, 5) is 0. The summed E-state index contributed by atoms with van der Waals surface area (Å²) >= 11 is 0. The van der Waals surface area contributed by atoms with Crippen LogP contribution in [0.3, 0.4) is 0 Å². The molecule has 0 amide bonds. The molecule has 1 aromatic heterocycles. The smallest absolute Gasteiger partial charge is 0.285 e. The highest BCUT2D eigenvalue weighted by atomic mass is 19.3. The molecule has 0 saturated heterocycles. The van der Waals surface area contributed by atoms with Crippen molar-refractivity contribution in [2.45, 2.75) is 39.2 Å². The second-order valence-corrected chi connectivity index (χ2v) is 4.49. The van der Waals surface area contributed by atoms with Crippen LogP contribution < -0.4 is 4.74 Å². The van der Waals surface area contributed by atoms with Gasteiger partial charge < -0.3 is 4.74 Å². The molecule has 0 aliphatic rings. The van der Waals surface area contributed by atoms with Gasteiger partial charge in [0, 0.05) is 0 Å². The quantitative estimate of drug-likeness (QED) is 0.771. The van der Waals surface area contributed by atoms with Gasteiger partial charge in [0.05, 0.1) is 12.6 Å². The Kier molecular flexibility index (Phi) is 3.68. The molecule has 7 heteroatoms. The number of ether oxygens (including phenoxy) is 1. The number of halogens is 4. The molecule has 1 aromatic rings. The highest BCUT2D eigenvalue weighted by molar-refractivity contribution is 5.36. The second kappa shape index (κ2) is 4.54. The van der Waals surface area contributed by atoms with Crippen LogP contribution in [0, 0.1) is 0 Å². The molecule has 0 unspecified atom stereocenters. The van der Waals surface area contributed by atoms with E-state index in [0.717, 1.165) is 11.8 Å². The maximum atomic E-state index is 12.9. The summed E-state index contributed by atoms with van der Waals surface area (Å²) in [7, 11) is 1.07. The molecular weight excluding hydrogens is 240 g/mol. The van der Waals surface area contributed by atoms with Crippen molar-refractivity contribution < 1.29 is 22.3 Å². The van der Waals surface area contributed by atoms with Gasteiger partial charge in [-0.2, -0.15) is 5.10 Å². The average Bonchev–Trinajstić information content (AvgIpc) is 2.55. The number of nitrogens with zero attached hydrogens (tertiary/aromatic N) is 2. The van der Waals surface area contributed by atoms with Crippen molar-refractivity contribution >= 4 is 0 Å². The van der Waals surface area contributed by atoms with Gasteiger partial charge in [-0.3, -0.25) is 4.68 Å². The molecule has 0 aromatic carbocycles. The summed E-state index contributed by atoms with van der Waals surface area (Å²) in [6, 6.07) is 0. The van der Waals surface area contributed by atoms with Crippen LogP contribution in [0.1, 0.15) is 45.0 Å². The SMILES string of the molecule is COc1c(C(F)F)nn(C(C)(C)C)c1C(F)F. The van der Waals surface area contributed by atoms with Crippen LogP contribution in [0.4, 0.5) is 17.6 Å². The third-order valence-corrected chi connectivity index (χ3v) is 2.15. The maximum absolute atomic E-state index is 12.9. The largest absolute Gasteiger partial charge is 0.492 e. The molecule has 98 valence electrons. The van der Waals surface area contributed by atoms with Gasteiger partial charge in [-0.05, 0) is 20.8 Å². The molecule has 0 atom stereocenters. The van der Waals surface area contributed by atoms with Gasteiger partial charge in [-0.15, -0.1) is 0 Å². The topological polar surface area (TPSA) is 27.1 Å². The molecule has 17 heavy (non-hydrogen) atoms. The van der Waals surface area contributed by atoms with E-state index in [-0.39, 0.29) is 0 Å². The Morgan fingerprint density at radius 2 is 1.65 bits per heavy atom. The van der Waals surface area contributed by atoms with Gasteiger partial charge in [-0.1, -0.05) is 0 Å². The van der Waals surface area contributed by atoms with Gasteiger partial charge in [0.25, 0.3) is 12.9 Å². The number of hydrogen-bond acceptors (Lipinski definition) is 2. The average molecular weight is 254 g/mol. The summed E-state index contributed by atoms with van der Waals surface area (Å²) < 4.78 is 56.6. The van der Waals surface area contributed by atoms with Crippen LogP contribution in [0.15, 0.2) is 0 Å². The highest BCUT2D eigenvalue weighted by Crippen LogP contribution is 2.39. The summed E-state index contributed by atoms with van der Waals surface area (Å²) in [6.45, 7) is 4.79. The third-order valence-electron chi connectivity index (χ3n) is 2.15. The zero-order chi connectivity index (χ0) is 13.4. The van der Waals surface area contributed by atoms with Gasteiger partial charge >= 0.3 is 0 Å². The van der Waals surface area contributed by atoms with Crippen molar-refractivity contribution in [1.82, 2.24) is 9.78 Å². The molecule has 1 rings (SSSR count). The Balaban J connectivity index is 3.50. The first-order chi connectivity index (χ1) is 7.70. The Morgan fingerprint density at radius 1 is 1.12 bits per heavy atom. The van der Waals surface area contributed by atoms with Crippen molar-refractivity contribution in [3.63, 3.8) is 0 Å². The number of rotatable bonds is 3. The van der Waals surface area contributed by atoms with Crippen molar-refractivity contribution in [1.29, 1.82) is 0 Å². The number of methoxy groups -OCH3 is 1. The number of alkyl halides is 4. The fourth-order valence-corrected chi connectivity index (χ4v) is 1.49. The van der Waals surface area contributed by atoms with Crippen LogP contribution >= 0.6 is 0 Å². The van der Waals surface area contributed by atoms with Gasteiger partial charge in [0.15, 0.2) is 11.4 Å². The first kappa shape index (κ1) is 13.8. The van der Waals surface area contributed by atoms with E-state index in [9.17, 15) is 17.6 Å². The molecule has 0 spiro atoms. The van der Waals surface area contributed by atoms with Crippen molar-refractivity contribution in [2.24, 2.45) is 0 Å². The molecule has 0 bridgehead atoms. The normalized spacial score (nSPS) is 12.6. The van der Waals surface area contributed by atoms with E-state index in [1.165, 1.54) is 0 Å². The standard InChI is InChI=1S/C10H14F4N2O/c1-10(2,3)16-6(9(13)14)7(17-4)5(15-16)8(11)12/h8-9H,1-4H3. The van der Waals surface area contributed by atoms with Crippen molar-refractivity contribution in [3.8, 4) is 5.75 Å². The van der Waals surface area contributed by atoms with E-state index >= 15 is 0 Å². The van der Waals surface area contributed by atoms with Crippen molar-refractivity contribution in [3.05, 3.63) is 11.4 Å². The summed E-state index contributed by atoms with van der Waals surface area (Å²) in [5.74, 6) is -0.537. The minimum Gasteiger partial charge on any atom is -0.492 e. The summed E-state index contributed by atoms with van der Waals surface area (Å²) in [6.07, 6.45) is -5.88. The van der Waals surface area contributed by atoms with Crippen molar-refractivity contribution in [2.75, 3.05) is 7.11 Å². The predicted molar refractivity (Wildman–Crippen MR) is 53.7 cm³/mol. The first-order valence-corrected chi connectivity index (χ1v) is 4.93. The Bertz CT molecular complexity index is 396. The lowest BCUT2D eigenvalue weighted by Gasteiger charge is -2.22. The van der Waals surface area contributed by atoms with Crippen LogP contribution in [-0.2, 0) is 5.54 Å². The van der Waals surface area contributed by atoms with E-state index in [2.05, 4.69) is 9.84 Å². The predicted octanol–water partition coefficient (Wildman–Crippen LogP) is 3.52. The Hall–Kier alpha value is -1.27. The summed E-state index contributed by atoms with van der Waals surface area (Å²) in [5, 5.41) is 3.53. The monoisotopic (exact) mass is 254 g/mol. The molecular formula is C10H14F4N2O. The van der Waals surface area contributed by atoms with E-state index in [0.29, 0.717) is 0 Å². The minimum absolute atomic E-state index is 0.537. The fraction of sp³-hybridized carbons (Fsp3) is 0.700. The van der Waals surface area contributed by atoms with Crippen LogP contribution in [0.5, 0.6) is 5.75 Å². The van der Waals surface area contributed by atoms with E-state index in [1.54, 1.807) is 20.8 Å². The fourth-order valence-electron chi connectivity index (χ4n) is 1.49. The first-order valence-electron chi connectivity index (χ1n) is 4.93. The van der Waals surface area contributed by atoms with E-state index < -0.39 is 35.5 Å². The van der Waals surface area contributed by atoms with E-state index in [4.69, 9.17) is 0 Å². The lowest BCUT2D eigenvalue weighted by atomic mass is 10.1. The minimum atomic E-state index is -2.95. The Labute approximate surface area is 96.4 Å². The van der Waals surface area contributed by atoms with Gasteiger partial charge in [0.2, 0.25) is 0 Å². The Morgan fingerprint density at radius 3 is 1.94 bits per heavy atom. The zero-order valence-electron chi connectivity index (χ0n) is 9.97. The molecule has 0 aliphatic heterocycles. The van der Waals surface area contributed by atoms with E-state index in [1.807, 2.05) is 0 Å². The molecule has 0 fully saturated rings. The second-order valence-electron chi connectivity index (χ2n) is 4.49. The zero-order valence-corrected chi connectivity index (χ0v) is 9.97. The lowest BCUT2D eigenvalue weighted by molar-refractivity contribution is 0.126. The highest BCUT2D eigenvalue weighted by Gasteiger charge is 2.33. The molecule has 0 aliphatic carbocycles. The summed E-state index contributed by atoms with van der Waals surface area (Å²) in [5.41, 5.74) is -2.19. The molecule has 0 saturated carbocycles. The molecule has 3 nitrogen and oxygen atoms in total. The van der Waals surface area contributed by atoms with Gasteiger partial charge in [0.1, 0.15) is 5.69 Å². The molecule has 1 heterocycles. The maximum Gasteiger partial charge on any atom is 0.285 e. The van der Waals surface area contributed by atoms with Crippen LogP contribution in [-0.4, -0.2) is 16.9 Å². The molecule has 0 N–H and O–H groups in total. The van der Waals surface area contributed by atoms with Crippen LogP contribution in [0.2, 0.25) is 0 Å². The van der Waals surface area contributed by atoms with Crippen LogP contribution in [0.25, 0.3) is 0 Å².